The summed E-state index contributed by atoms with van der Waals surface area (Å²) in [7, 11) is 0. The van der Waals surface area contributed by atoms with Crippen molar-refractivity contribution < 1.29 is 9.72 Å². The first-order valence-electron chi connectivity index (χ1n) is 7.05. The van der Waals surface area contributed by atoms with Gasteiger partial charge in [0.15, 0.2) is 0 Å². The molecule has 0 radical (unpaired) electrons. The first kappa shape index (κ1) is 17.4. The Morgan fingerprint density at radius 2 is 1.84 bits per heavy atom. The molecule has 0 bridgehead atoms. The predicted octanol–water partition coefficient (Wildman–Crippen LogP) is 5.94. The number of benzene rings is 2. The Balaban J connectivity index is 1.90. The van der Waals surface area contributed by atoms with Gasteiger partial charge < -0.3 is 5.32 Å². The zero-order valence-electron chi connectivity index (χ0n) is 12.5. The van der Waals surface area contributed by atoms with Crippen molar-refractivity contribution in [1.29, 1.82) is 0 Å². The third-order valence-electron chi connectivity index (χ3n) is 3.42. The average Bonchev–Trinajstić information content (AvgIpc) is 3.01. The summed E-state index contributed by atoms with van der Waals surface area (Å²) in [6, 6.07) is 12.7. The maximum absolute atomic E-state index is 12.5. The van der Waals surface area contributed by atoms with Gasteiger partial charge in [0.25, 0.3) is 5.69 Å². The Kier molecular flexibility index (Phi) is 5.03. The van der Waals surface area contributed by atoms with Gasteiger partial charge in [-0.25, -0.2) is 0 Å². The van der Waals surface area contributed by atoms with Gasteiger partial charge in [-0.15, -0.1) is 11.3 Å². The van der Waals surface area contributed by atoms with Crippen molar-refractivity contribution in [2.24, 2.45) is 0 Å². The number of nitrogens with one attached hydrogen (secondary N) is 1. The Morgan fingerprint density at radius 3 is 2.48 bits per heavy atom. The summed E-state index contributed by atoms with van der Waals surface area (Å²) in [6.07, 6.45) is 0. The van der Waals surface area contributed by atoms with Crippen molar-refractivity contribution in [3.8, 4) is 0 Å². The number of rotatable bonds is 5. The van der Waals surface area contributed by atoms with Gasteiger partial charge in [-0.05, 0) is 35.7 Å². The summed E-state index contributed by atoms with van der Waals surface area (Å²) in [5, 5.41) is 16.4. The van der Waals surface area contributed by atoms with Crippen LogP contribution in [0.1, 0.15) is 15.2 Å². The predicted molar refractivity (Wildman–Crippen MR) is 101 cm³/mol. The summed E-state index contributed by atoms with van der Waals surface area (Å²) in [5.41, 5.74) is 1.14. The molecule has 126 valence electrons. The number of nitro groups is 1. The van der Waals surface area contributed by atoms with Crippen LogP contribution in [0.4, 0.5) is 17.1 Å². The number of carbonyl (C=O) groups excluding carboxylic acids is 1. The van der Waals surface area contributed by atoms with Crippen molar-refractivity contribution in [3.63, 3.8) is 0 Å². The summed E-state index contributed by atoms with van der Waals surface area (Å²) in [6.45, 7) is 0. The van der Waals surface area contributed by atoms with Crippen LogP contribution in [0.25, 0.3) is 0 Å². The highest BCUT2D eigenvalue weighted by molar-refractivity contribution is 7.13. The topological polar surface area (TPSA) is 72.2 Å². The van der Waals surface area contributed by atoms with Gasteiger partial charge in [-0.1, -0.05) is 35.3 Å². The van der Waals surface area contributed by atoms with Crippen LogP contribution in [0.15, 0.2) is 53.9 Å². The lowest BCUT2D eigenvalue weighted by molar-refractivity contribution is -0.383. The van der Waals surface area contributed by atoms with E-state index in [0.717, 1.165) is 0 Å². The SMILES string of the molecule is O=C(c1ccc(Nc2ccccc2[N+](=O)[O-])cc1Cl)c1sccc1Cl. The number of nitrogens with zero attached hydrogens (tertiary/aromatic N) is 1. The number of hydrogen-bond acceptors (Lipinski definition) is 5. The van der Waals surface area contributed by atoms with E-state index in [2.05, 4.69) is 5.32 Å². The minimum absolute atomic E-state index is 0.0517. The number of ketones is 1. The summed E-state index contributed by atoms with van der Waals surface area (Å²) >= 11 is 13.5. The van der Waals surface area contributed by atoms with Crippen LogP contribution in [0, 0.1) is 10.1 Å². The van der Waals surface area contributed by atoms with E-state index in [9.17, 15) is 14.9 Å². The highest BCUT2D eigenvalue weighted by Crippen LogP contribution is 2.32. The van der Waals surface area contributed by atoms with E-state index in [4.69, 9.17) is 23.2 Å². The molecule has 5 nitrogen and oxygen atoms in total. The molecule has 0 saturated heterocycles. The van der Waals surface area contributed by atoms with Gasteiger partial charge in [0, 0.05) is 17.3 Å². The quantitative estimate of drug-likeness (QED) is 0.331. The number of nitro benzene ring substituents is 1. The van der Waals surface area contributed by atoms with E-state index >= 15 is 0 Å². The molecular weight excluding hydrogens is 383 g/mol. The normalized spacial score (nSPS) is 10.5. The lowest BCUT2D eigenvalue weighted by Gasteiger charge is -2.09. The van der Waals surface area contributed by atoms with Crippen molar-refractivity contribution in [3.05, 3.63) is 84.5 Å². The van der Waals surface area contributed by atoms with E-state index < -0.39 is 4.92 Å². The molecule has 8 heteroatoms. The number of hydrogen-bond donors (Lipinski definition) is 1. The Morgan fingerprint density at radius 1 is 1.08 bits per heavy atom. The van der Waals surface area contributed by atoms with Crippen LogP contribution in [0.3, 0.4) is 0 Å². The van der Waals surface area contributed by atoms with Gasteiger partial charge in [0.05, 0.1) is 19.8 Å². The van der Waals surface area contributed by atoms with Gasteiger partial charge >= 0.3 is 0 Å². The molecule has 0 amide bonds. The highest BCUT2D eigenvalue weighted by atomic mass is 35.5. The summed E-state index contributed by atoms with van der Waals surface area (Å²) in [5.74, 6) is -0.262. The fourth-order valence-electron chi connectivity index (χ4n) is 2.25. The molecule has 2 aromatic carbocycles. The second kappa shape index (κ2) is 7.23. The third-order valence-corrected chi connectivity index (χ3v) is 5.07. The van der Waals surface area contributed by atoms with Crippen LogP contribution in [0.2, 0.25) is 10.0 Å². The first-order chi connectivity index (χ1) is 12.0. The van der Waals surface area contributed by atoms with Gasteiger partial charge in [-0.3, -0.25) is 14.9 Å². The standard InChI is InChI=1S/C17H10Cl2N2O3S/c18-12-7-8-25-17(12)16(22)11-6-5-10(9-13(11)19)20-14-3-1-2-4-15(14)21(23)24/h1-9,20H. The first-order valence-corrected chi connectivity index (χ1v) is 8.68. The molecule has 3 rings (SSSR count). The number of anilines is 2. The average molecular weight is 393 g/mol. The van der Waals surface area contributed by atoms with E-state index in [-0.39, 0.29) is 16.5 Å². The Bertz CT molecular complexity index is 972. The molecule has 0 aliphatic carbocycles. The molecule has 0 saturated carbocycles. The maximum atomic E-state index is 12.5. The van der Waals surface area contributed by atoms with Crippen molar-refractivity contribution in [2.45, 2.75) is 0 Å². The van der Waals surface area contributed by atoms with E-state index in [0.29, 0.717) is 26.8 Å². The Hall–Kier alpha value is -2.41. The Labute approximate surface area is 157 Å². The molecule has 1 heterocycles. The van der Waals surface area contributed by atoms with Gasteiger partial charge in [0.2, 0.25) is 5.78 Å². The largest absolute Gasteiger partial charge is 0.350 e. The molecule has 0 aliphatic rings. The monoisotopic (exact) mass is 392 g/mol. The minimum Gasteiger partial charge on any atom is -0.350 e. The van der Waals surface area contributed by atoms with Crippen LogP contribution >= 0.6 is 34.5 Å². The van der Waals surface area contributed by atoms with E-state index in [1.165, 1.54) is 17.4 Å². The fourth-order valence-corrected chi connectivity index (χ4v) is 3.61. The summed E-state index contributed by atoms with van der Waals surface area (Å²) in [4.78, 5) is 23.5. The van der Waals surface area contributed by atoms with E-state index in [1.54, 1.807) is 47.8 Å². The summed E-state index contributed by atoms with van der Waals surface area (Å²) < 4.78 is 0. The fraction of sp³-hybridized carbons (Fsp3) is 0. The molecule has 1 N–H and O–H groups in total. The van der Waals surface area contributed by atoms with Crippen molar-refractivity contribution >= 4 is 57.4 Å². The number of para-hydroxylation sites is 2. The highest BCUT2D eigenvalue weighted by Gasteiger charge is 2.18. The van der Waals surface area contributed by atoms with Crippen LogP contribution in [0.5, 0.6) is 0 Å². The minimum atomic E-state index is -0.472. The molecule has 0 unspecified atom stereocenters. The smallest absolute Gasteiger partial charge is 0.292 e. The van der Waals surface area contributed by atoms with Crippen LogP contribution in [-0.2, 0) is 0 Å². The van der Waals surface area contributed by atoms with Gasteiger partial charge in [-0.2, -0.15) is 0 Å². The lowest BCUT2D eigenvalue weighted by atomic mass is 10.1. The molecule has 3 aromatic rings. The molecule has 0 atom stereocenters. The third kappa shape index (κ3) is 3.66. The molecule has 0 spiro atoms. The second-order valence-electron chi connectivity index (χ2n) is 5.02. The molecule has 0 aliphatic heterocycles. The van der Waals surface area contributed by atoms with Crippen LogP contribution < -0.4 is 5.32 Å². The van der Waals surface area contributed by atoms with Crippen molar-refractivity contribution in [1.82, 2.24) is 0 Å². The molecular formula is C17H10Cl2N2O3S. The number of halogens is 2. The zero-order valence-corrected chi connectivity index (χ0v) is 14.9. The number of thiophene rings is 1. The van der Waals surface area contributed by atoms with E-state index in [1.807, 2.05) is 0 Å². The second-order valence-corrected chi connectivity index (χ2v) is 6.75. The zero-order chi connectivity index (χ0) is 18.0. The van der Waals surface area contributed by atoms with Crippen molar-refractivity contribution in [2.75, 3.05) is 5.32 Å². The molecule has 25 heavy (non-hydrogen) atoms. The molecule has 1 aromatic heterocycles. The lowest BCUT2D eigenvalue weighted by Crippen LogP contribution is -2.02. The maximum Gasteiger partial charge on any atom is 0.292 e. The number of carbonyl (C=O) groups is 1. The van der Waals surface area contributed by atoms with Crippen LogP contribution in [-0.4, -0.2) is 10.7 Å². The van der Waals surface area contributed by atoms with Gasteiger partial charge in [0.1, 0.15) is 5.69 Å². The molecule has 0 fully saturated rings.